The second kappa shape index (κ2) is 6.46. The van der Waals surface area contributed by atoms with Crippen LogP contribution in [0, 0.1) is 11.3 Å². The summed E-state index contributed by atoms with van der Waals surface area (Å²) in [7, 11) is 0. The van der Waals surface area contributed by atoms with Crippen molar-refractivity contribution in [1.29, 1.82) is 5.26 Å². The molecule has 1 aliphatic heterocycles. The highest BCUT2D eigenvalue weighted by atomic mass is 32.2. The van der Waals surface area contributed by atoms with Crippen LogP contribution in [0.15, 0.2) is 29.2 Å². The molecular weight excluding hydrogens is 244 g/mol. The number of nitrogens with one attached hydrogen (secondary N) is 1. The van der Waals surface area contributed by atoms with Gasteiger partial charge in [-0.2, -0.15) is 5.26 Å². The summed E-state index contributed by atoms with van der Waals surface area (Å²) in [6, 6.07) is 10.3. The van der Waals surface area contributed by atoms with E-state index in [2.05, 4.69) is 23.5 Å². The van der Waals surface area contributed by atoms with Gasteiger partial charge in [0.1, 0.15) is 0 Å². The van der Waals surface area contributed by atoms with Gasteiger partial charge in [-0.15, -0.1) is 11.8 Å². The van der Waals surface area contributed by atoms with Crippen molar-refractivity contribution in [3.05, 3.63) is 29.8 Å². The number of hydrogen-bond acceptors (Lipinski definition) is 3. The average Bonchev–Trinajstić information content (AvgIpc) is 2.82. The number of thioether (sulfide) groups is 1. The van der Waals surface area contributed by atoms with E-state index in [-0.39, 0.29) is 11.2 Å². The molecule has 1 amide bonds. The van der Waals surface area contributed by atoms with Crippen molar-refractivity contribution in [1.82, 2.24) is 5.32 Å². The Labute approximate surface area is 112 Å². The lowest BCUT2D eigenvalue weighted by atomic mass is 10.1. The normalized spacial score (nSPS) is 16.9. The lowest BCUT2D eigenvalue weighted by molar-refractivity contribution is -0.120. The minimum absolute atomic E-state index is 0.0124. The van der Waals surface area contributed by atoms with Crippen LogP contribution >= 0.6 is 11.8 Å². The molecule has 0 aromatic heterocycles. The van der Waals surface area contributed by atoms with E-state index in [1.807, 2.05) is 12.1 Å². The first-order valence-electron chi connectivity index (χ1n) is 6.20. The van der Waals surface area contributed by atoms with Gasteiger partial charge in [-0.3, -0.25) is 4.79 Å². The third-order valence-electron chi connectivity index (χ3n) is 2.95. The molecule has 4 heteroatoms. The Bertz CT molecular complexity index is 442. The van der Waals surface area contributed by atoms with Crippen LogP contribution < -0.4 is 5.32 Å². The van der Waals surface area contributed by atoms with Gasteiger partial charge in [0.2, 0.25) is 5.91 Å². The molecule has 0 radical (unpaired) electrons. The van der Waals surface area contributed by atoms with E-state index in [1.54, 1.807) is 11.8 Å². The lowest BCUT2D eigenvalue weighted by Gasteiger charge is -2.09. The zero-order valence-corrected chi connectivity index (χ0v) is 11.0. The third kappa shape index (κ3) is 3.27. The van der Waals surface area contributed by atoms with Gasteiger partial charge in [-0.1, -0.05) is 18.2 Å². The lowest BCUT2D eigenvalue weighted by Crippen LogP contribution is -2.33. The number of nitriles is 1. The Balaban J connectivity index is 1.74. The summed E-state index contributed by atoms with van der Waals surface area (Å²) < 4.78 is 0. The Morgan fingerprint density at radius 3 is 3.06 bits per heavy atom. The molecule has 0 aliphatic carbocycles. The Morgan fingerprint density at radius 1 is 1.44 bits per heavy atom. The molecule has 1 N–H and O–H groups in total. The number of unbranched alkanes of at least 4 members (excludes halogenated alkanes) is 2. The predicted molar refractivity (Wildman–Crippen MR) is 72.3 cm³/mol. The first kappa shape index (κ1) is 13.0. The van der Waals surface area contributed by atoms with E-state index in [1.165, 1.54) is 10.5 Å². The molecule has 1 aliphatic rings. The highest BCUT2D eigenvalue weighted by Crippen LogP contribution is 2.36. The van der Waals surface area contributed by atoms with Crippen molar-refractivity contribution >= 4 is 17.7 Å². The van der Waals surface area contributed by atoms with E-state index in [4.69, 9.17) is 5.26 Å². The molecule has 0 saturated carbocycles. The molecule has 0 bridgehead atoms. The summed E-state index contributed by atoms with van der Waals surface area (Å²) in [6.07, 6.45) is 3.13. The predicted octanol–water partition coefficient (Wildman–Crippen LogP) is 2.51. The molecule has 2 rings (SSSR count). The molecule has 0 saturated heterocycles. The van der Waals surface area contributed by atoms with Gasteiger partial charge < -0.3 is 5.32 Å². The molecule has 1 atom stereocenters. The zero-order chi connectivity index (χ0) is 12.8. The largest absolute Gasteiger partial charge is 0.355 e. The standard InChI is InChI=1S/C14H16N2OS/c15-8-4-1-5-9-16-14(17)13-10-11-6-2-3-7-12(11)18-13/h2-3,6-7,13H,1,4-5,9-10H2,(H,16,17). The fourth-order valence-electron chi connectivity index (χ4n) is 1.98. The minimum Gasteiger partial charge on any atom is -0.355 e. The number of carbonyl (C=O) groups is 1. The van der Waals surface area contributed by atoms with Crippen LogP contribution in [0.25, 0.3) is 0 Å². The van der Waals surface area contributed by atoms with Gasteiger partial charge in [0.05, 0.1) is 11.3 Å². The Kier molecular flexibility index (Phi) is 4.66. The Hall–Kier alpha value is -1.47. The highest BCUT2D eigenvalue weighted by Gasteiger charge is 2.27. The maximum atomic E-state index is 11.9. The van der Waals surface area contributed by atoms with Crippen molar-refractivity contribution in [2.24, 2.45) is 0 Å². The van der Waals surface area contributed by atoms with Gasteiger partial charge in [0, 0.05) is 17.9 Å². The zero-order valence-electron chi connectivity index (χ0n) is 10.2. The molecular formula is C14H16N2OS. The van der Waals surface area contributed by atoms with Gasteiger partial charge in [0.25, 0.3) is 0 Å². The molecule has 1 aromatic rings. The van der Waals surface area contributed by atoms with Crippen LogP contribution in [0.3, 0.4) is 0 Å². The number of amides is 1. The molecule has 18 heavy (non-hydrogen) atoms. The van der Waals surface area contributed by atoms with Crippen LogP contribution in [0.1, 0.15) is 24.8 Å². The van der Waals surface area contributed by atoms with E-state index >= 15 is 0 Å². The summed E-state index contributed by atoms with van der Waals surface area (Å²) in [4.78, 5) is 13.2. The Morgan fingerprint density at radius 2 is 2.28 bits per heavy atom. The fraction of sp³-hybridized carbons (Fsp3) is 0.429. The van der Waals surface area contributed by atoms with Gasteiger partial charge in [-0.05, 0) is 30.9 Å². The van der Waals surface area contributed by atoms with E-state index in [9.17, 15) is 4.79 Å². The van der Waals surface area contributed by atoms with E-state index < -0.39 is 0 Å². The SMILES string of the molecule is N#CCCCCNC(=O)C1Cc2ccccc2S1. The van der Waals surface area contributed by atoms with E-state index in [0.717, 1.165) is 19.3 Å². The second-order valence-corrected chi connectivity index (χ2v) is 5.57. The maximum Gasteiger partial charge on any atom is 0.233 e. The van der Waals surface area contributed by atoms with Crippen LogP contribution in [0.5, 0.6) is 0 Å². The monoisotopic (exact) mass is 260 g/mol. The molecule has 0 fully saturated rings. The molecule has 94 valence electrons. The van der Waals surface area contributed by atoms with Crippen molar-refractivity contribution < 1.29 is 4.79 Å². The van der Waals surface area contributed by atoms with Crippen LogP contribution in [-0.2, 0) is 11.2 Å². The second-order valence-electron chi connectivity index (χ2n) is 4.32. The maximum absolute atomic E-state index is 11.9. The summed E-state index contributed by atoms with van der Waals surface area (Å²) in [5.41, 5.74) is 1.27. The summed E-state index contributed by atoms with van der Waals surface area (Å²) >= 11 is 1.65. The molecule has 1 unspecified atom stereocenters. The topological polar surface area (TPSA) is 52.9 Å². The quantitative estimate of drug-likeness (QED) is 0.828. The van der Waals surface area contributed by atoms with Gasteiger partial charge in [-0.25, -0.2) is 0 Å². The summed E-state index contributed by atoms with van der Waals surface area (Å²) in [5, 5.41) is 11.4. The molecule has 0 spiro atoms. The summed E-state index contributed by atoms with van der Waals surface area (Å²) in [5.74, 6) is 0.119. The number of benzene rings is 1. The smallest absolute Gasteiger partial charge is 0.233 e. The third-order valence-corrected chi connectivity index (χ3v) is 4.27. The molecule has 3 nitrogen and oxygen atoms in total. The number of nitrogens with zero attached hydrogens (tertiary/aromatic N) is 1. The number of hydrogen-bond donors (Lipinski definition) is 1. The number of rotatable bonds is 5. The highest BCUT2D eigenvalue weighted by molar-refractivity contribution is 8.01. The van der Waals surface area contributed by atoms with Crippen LogP contribution in [0.2, 0.25) is 0 Å². The first-order valence-corrected chi connectivity index (χ1v) is 7.08. The fourth-order valence-corrected chi connectivity index (χ4v) is 3.20. The van der Waals surface area contributed by atoms with Crippen molar-refractivity contribution in [3.8, 4) is 6.07 Å². The van der Waals surface area contributed by atoms with Crippen molar-refractivity contribution in [2.45, 2.75) is 35.8 Å². The van der Waals surface area contributed by atoms with Crippen LogP contribution in [-0.4, -0.2) is 17.7 Å². The van der Waals surface area contributed by atoms with Crippen molar-refractivity contribution in [2.75, 3.05) is 6.54 Å². The average molecular weight is 260 g/mol. The van der Waals surface area contributed by atoms with Crippen LogP contribution in [0.4, 0.5) is 0 Å². The minimum atomic E-state index is 0.0124. The number of fused-ring (bicyclic) bond motifs is 1. The first-order chi connectivity index (χ1) is 8.81. The van der Waals surface area contributed by atoms with E-state index in [0.29, 0.717) is 13.0 Å². The van der Waals surface area contributed by atoms with Gasteiger partial charge in [0.15, 0.2) is 0 Å². The molecule has 1 heterocycles. The van der Waals surface area contributed by atoms with Gasteiger partial charge >= 0.3 is 0 Å². The number of carbonyl (C=O) groups excluding carboxylic acids is 1. The van der Waals surface area contributed by atoms with Crippen molar-refractivity contribution in [3.63, 3.8) is 0 Å². The summed E-state index contributed by atoms with van der Waals surface area (Å²) in [6.45, 7) is 0.675. The molecule has 1 aromatic carbocycles.